The molecule has 2 aliphatic heterocycles. The smallest absolute Gasteiger partial charge is 0.299 e. The van der Waals surface area contributed by atoms with E-state index in [0.29, 0.717) is 34.2 Å². The Morgan fingerprint density at radius 1 is 0.851 bits per heavy atom. The van der Waals surface area contributed by atoms with Crippen LogP contribution in [0, 0.1) is 0 Å². The molecule has 1 atom stereocenters. The van der Waals surface area contributed by atoms with Crippen molar-refractivity contribution in [3.05, 3.63) is 102 Å². The molecule has 3 amide bonds. The molecular weight excluding hydrogens is 606 g/mol. The van der Waals surface area contributed by atoms with Crippen molar-refractivity contribution in [2.75, 3.05) is 44.9 Å². The van der Waals surface area contributed by atoms with Crippen LogP contribution in [0.4, 0.5) is 11.4 Å². The molecule has 0 radical (unpaired) electrons. The van der Waals surface area contributed by atoms with Gasteiger partial charge in [-0.2, -0.15) is 0 Å². The monoisotopic (exact) mass is 637 g/mol. The van der Waals surface area contributed by atoms with Gasteiger partial charge >= 0.3 is 0 Å². The van der Waals surface area contributed by atoms with Gasteiger partial charge in [-0.3, -0.25) is 24.1 Å². The Kier molecular flexibility index (Phi) is 8.65. The maximum Gasteiger partial charge on any atom is 0.299 e. The molecule has 4 aromatic carbocycles. The summed E-state index contributed by atoms with van der Waals surface area (Å²) in [5.74, 6) is -0.869. The highest BCUT2D eigenvalue weighted by Gasteiger charge is 2.40. The lowest BCUT2D eigenvalue weighted by atomic mass is 10.0. The number of nitrogens with one attached hydrogen (secondary N) is 1. The second-order valence-electron chi connectivity index (χ2n) is 10.7. The molecule has 47 heavy (non-hydrogen) atoms. The first-order chi connectivity index (χ1) is 22.8. The lowest BCUT2D eigenvalue weighted by molar-refractivity contribution is -0.139. The minimum absolute atomic E-state index is 0.0207. The predicted octanol–water partition coefficient (Wildman–Crippen LogP) is 4.38. The third-order valence-corrected chi connectivity index (χ3v) is 7.89. The lowest BCUT2D eigenvalue weighted by Gasteiger charge is -2.33. The highest BCUT2D eigenvalue weighted by atomic mass is 16.7. The number of rotatable bonds is 11. The number of carbonyl (C=O) groups is 4. The van der Waals surface area contributed by atoms with Gasteiger partial charge in [0.15, 0.2) is 23.0 Å². The molecule has 0 aromatic heterocycles. The molecule has 0 bridgehead atoms. The van der Waals surface area contributed by atoms with Crippen LogP contribution >= 0.6 is 0 Å². The van der Waals surface area contributed by atoms with Gasteiger partial charge in [0.25, 0.3) is 17.6 Å². The fourth-order valence-corrected chi connectivity index (χ4v) is 5.65. The molecule has 0 unspecified atom stereocenters. The summed E-state index contributed by atoms with van der Waals surface area (Å²) in [6.45, 7) is -0.458. The van der Waals surface area contributed by atoms with E-state index >= 15 is 0 Å². The van der Waals surface area contributed by atoms with Gasteiger partial charge in [-0.25, -0.2) is 0 Å². The highest BCUT2D eigenvalue weighted by molar-refractivity contribution is 6.52. The Morgan fingerprint density at radius 2 is 1.53 bits per heavy atom. The number of Topliss-reactive ketones (excluding diaryl/α,β-unsaturated/α-hetero) is 1. The summed E-state index contributed by atoms with van der Waals surface area (Å²) in [6, 6.07) is 22.5. The Balaban J connectivity index is 1.45. The van der Waals surface area contributed by atoms with E-state index in [4.69, 9.17) is 23.7 Å². The number of amides is 3. The third-order valence-electron chi connectivity index (χ3n) is 7.89. The summed E-state index contributed by atoms with van der Waals surface area (Å²) in [7, 11) is 4.35. The topological polar surface area (TPSA) is 133 Å². The van der Waals surface area contributed by atoms with Crippen molar-refractivity contribution >= 4 is 34.9 Å². The van der Waals surface area contributed by atoms with E-state index in [0.717, 1.165) is 10.5 Å². The first-order valence-electron chi connectivity index (χ1n) is 14.6. The molecule has 0 spiro atoms. The zero-order chi connectivity index (χ0) is 33.1. The van der Waals surface area contributed by atoms with Crippen molar-refractivity contribution in [3.8, 4) is 28.7 Å². The molecule has 4 aromatic rings. The SMILES string of the molecule is COc1cc([C@@H](C(=O)Nc2ccc3c(c2)OCO3)N(Cc2ccccc2)C(=O)CN2C(=O)C(=O)c3ccccc32)cc(OC)c1OC. The van der Waals surface area contributed by atoms with E-state index in [1.807, 2.05) is 30.3 Å². The average molecular weight is 638 g/mol. The minimum Gasteiger partial charge on any atom is -0.493 e. The summed E-state index contributed by atoms with van der Waals surface area (Å²) < 4.78 is 27.6. The van der Waals surface area contributed by atoms with Gasteiger partial charge < -0.3 is 33.9 Å². The van der Waals surface area contributed by atoms with Gasteiger partial charge in [0.2, 0.25) is 18.4 Å². The van der Waals surface area contributed by atoms with Crippen LogP contribution in [0.25, 0.3) is 0 Å². The van der Waals surface area contributed by atoms with Crippen molar-refractivity contribution in [3.63, 3.8) is 0 Å². The third kappa shape index (κ3) is 6.00. The summed E-state index contributed by atoms with van der Waals surface area (Å²) in [5, 5.41) is 2.90. The minimum atomic E-state index is -1.29. The summed E-state index contributed by atoms with van der Waals surface area (Å²) in [6.07, 6.45) is 0. The molecule has 12 nitrogen and oxygen atoms in total. The number of fused-ring (bicyclic) bond motifs is 2. The van der Waals surface area contributed by atoms with Crippen molar-refractivity contribution in [2.24, 2.45) is 0 Å². The number of benzene rings is 4. The molecule has 2 aliphatic rings. The van der Waals surface area contributed by atoms with Crippen LogP contribution in [-0.2, 0) is 20.9 Å². The molecule has 12 heteroatoms. The Morgan fingerprint density at radius 3 is 2.23 bits per heavy atom. The van der Waals surface area contributed by atoms with Crippen molar-refractivity contribution in [2.45, 2.75) is 12.6 Å². The first-order valence-corrected chi connectivity index (χ1v) is 14.6. The van der Waals surface area contributed by atoms with Gasteiger partial charge in [-0.1, -0.05) is 42.5 Å². The normalized spacial score (nSPS) is 13.6. The summed E-state index contributed by atoms with van der Waals surface area (Å²) in [5.41, 5.74) is 1.99. The zero-order valence-electron chi connectivity index (χ0n) is 25.9. The molecule has 1 N–H and O–H groups in total. The number of ether oxygens (including phenoxy) is 5. The second-order valence-corrected chi connectivity index (χ2v) is 10.7. The number of para-hydroxylation sites is 1. The Hall–Kier alpha value is -6.04. The number of methoxy groups -OCH3 is 3. The van der Waals surface area contributed by atoms with Crippen molar-refractivity contribution in [1.82, 2.24) is 4.90 Å². The van der Waals surface area contributed by atoms with E-state index in [9.17, 15) is 19.2 Å². The number of carbonyl (C=O) groups excluding carboxylic acids is 4. The number of ketones is 1. The van der Waals surface area contributed by atoms with E-state index < -0.39 is 36.1 Å². The highest BCUT2D eigenvalue weighted by Crippen LogP contribution is 2.42. The maximum atomic E-state index is 14.4. The number of nitrogens with zero attached hydrogens (tertiary/aromatic N) is 2. The van der Waals surface area contributed by atoms with Gasteiger partial charge in [0.05, 0.1) is 32.6 Å². The molecule has 2 heterocycles. The van der Waals surface area contributed by atoms with Crippen LogP contribution in [0.5, 0.6) is 28.7 Å². The van der Waals surface area contributed by atoms with Crippen LogP contribution in [0.1, 0.15) is 27.5 Å². The van der Waals surface area contributed by atoms with E-state index in [1.54, 1.807) is 54.6 Å². The van der Waals surface area contributed by atoms with Crippen LogP contribution < -0.4 is 33.9 Å². The van der Waals surface area contributed by atoms with Gasteiger partial charge in [-0.15, -0.1) is 0 Å². The first kappa shape index (κ1) is 31.0. The summed E-state index contributed by atoms with van der Waals surface area (Å²) in [4.78, 5) is 57.2. The quantitative estimate of drug-likeness (QED) is 0.238. The van der Waals surface area contributed by atoms with Gasteiger partial charge in [0, 0.05) is 18.3 Å². The molecule has 6 rings (SSSR count). The van der Waals surface area contributed by atoms with Crippen LogP contribution in [0.3, 0.4) is 0 Å². The lowest BCUT2D eigenvalue weighted by Crippen LogP contribution is -2.46. The fraction of sp³-hybridized carbons (Fsp3) is 0.200. The fourth-order valence-electron chi connectivity index (χ4n) is 5.65. The number of hydrogen-bond acceptors (Lipinski definition) is 9. The number of hydrogen-bond donors (Lipinski definition) is 1. The van der Waals surface area contributed by atoms with Crippen LogP contribution in [0.2, 0.25) is 0 Å². The summed E-state index contributed by atoms with van der Waals surface area (Å²) >= 11 is 0. The molecule has 0 fully saturated rings. The van der Waals surface area contributed by atoms with E-state index in [2.05, 4.69) is 5.32 Å². The largest absolute Gasteiger partial charge is 0.493 e. The van der Waals surface area contributed by atoms with E-state index in [1.165, 1.54) is 26.2 Å². The molecular formula is C35H31N3O9. The average Bonchev–Trinajstić information content (AvgIpc) is 3.66. The van der Waals surface area contributed by atoms with Crippen LogP contribution in [-0.4, -0.2) is 63.1 Å². The molecule has 0 saturated heterocycles. The molecule has 240 valence electrons. The standard InChI is InChI=1S/C35H31N3O9/c1-43-28-15-22(16-29(44-2)33(28)45-3)31(34(41)36-23-13-14-26-27(17-23)47-20-46-26)38(18-21-9-5-4-6-10-21)30(39)19-37-25-12-8-7-11-24(25)32(40)35(37)42/h4-17,31H,18-20H2,1-3H3,(H,36,41)/t31-/m0/s1. The molecule has 0 saturated carbocycles. The van der Waals surface area contributed by atoms with E-state index in [-0.39, 0.29) is 30.4 Å². The van der Waals surface area contributed by atoms with Gasteiger partial charge in [-0.05, 0) is 47.5 Å². The maximum absolute atomic E-state index is 14.4. The predicted molar refractivity (Wildman–Crippen MR) is 170 cm³/mol. The second kappa shape index (κ2) is 13.1. The molecule has 0 aliphatic carbocycles. The zero-order valence-corrected chi connectivity index (χ0v) is 25.9. The van der Waals surface area contributed by atoms with Crippen molar-refractivity contribution in [1.29, 1.82) is 0 Å². The van der Waals surface area contributed by atoms with Crippen molar-refractivity contribution < 1.29 is 42.9 Å². The Bertz CT molecular complexity index is 1840. The number of anilines is 2. The van der Waals surface area contributed by atoms with Crippen LogP contribution in [0.15, 0.2) is 84.9 Å². The van der Waals surface area contributed by atoms with Gasteiger partial charge in [0.1, 0.15) is 12.6 Å². The Labute approximate surface area is 270 Å².